The normalized spacial score (nSPS) is 17.3. The lowest BCUT2D eigenvalue weighted by molar-refractivity contribution is -0.137. The van der Waals surface area contributed by atoms with Crippen molar-refractivity contribution >= 4 is 45.9 Å². The van der Waals surface area contributed by atoms with Gasteiger partial charge in [-0.3, -0.25) is 15.1 Å². The first-order valence-electron chi connectivity index (χ1n) is 6.40. The highest BCUT2D eigenvalue weighted by Crippen LogP contribution is 2.41. The van der Waals surface area contributed by atoms with E-state index >= 15 is 0 Å². The van der Waals surface area contributed by atoms with Crippen LogP contribution in [0.25, 0.3) is 6.08 Å². The van der Waals surface area contributed by atoms with Crippen LogP contribution in [0.4, 0.5) is 18.9 Å². The first-order chi connectivity index (χ1) is 10.9. The molecule has 1 aromatic heterocycles. The van der Waals surface area contributed by atoms with Crippen molar-refractivity contribution in [2.75, 3.05) is 4.90 Å². The third kappa shape index (κ3) is 3.04. The molecule has 1 aliphatic heterocycles. The van der Waals surface area contributed by atoms with Crippen molar-refractivity contribution in [1.82, 2.24) is 0 Å². The summed E-state index contributed by atoms with van der Waals surface area (Å²) in [6.45, 7) is 0. The number of nitrogens with zero attached hydrogens (tertiary/aromatic N) is 1. The second-order valence-electron chi connectivity index (χ2n) is 4.59. The Labute approximate surface area is 137 Å². The van der Waals surface area contributed by atoms with Crippen LogP contribution in [0.5, 0.6) is 0 Å². The molecule has 0 atom stereocenters. The quantitative estimate of drug-likeness (QED) is 0.786. The van der Waals surface area contributed by atoms with Gasteiger partial charge in [-0.15, -0.1) is 11.3 Å². The highest BCUT2D eigenvalue weighted by atomic mass is 32.2. The van der Waals surface area contributed by atoms with Crippen LogP contribution in [0.1, 0.15) is 10.4 Å². The first-order valence-corrected chi connectivity index (χ1v) is 8.10. The fourth-order valence-corrected chi connectivity index (χ4v) is 3.69. The number of alkyl halides is 3. The van der Waals surface area contributed by atoms with Crippen molar-refractivity contribution in [2.24, 2.45) is 0 Å². The van der Waals surface area contributed by atoms with Crippen LogP contribution in [-0.2, 0) is 11.0 Å². The number of thiophene rings is 1. The molecule has 1 aliphatic rings. The van der Waals surface area contributed by atoms with Crippen molar-refractivity contribution in [2.45, 2.75) is 6.18 Å². The van der Waals surface area contributed by atoms with Gasteiger partial charge >= 0.3 is 6.18 Å². The molecule has 2 aromatic rings. The number of carbonyl (C=O) groups excluding carboxylic acids is 1. The SMILES string of the molecule is N=C1S/C(=C\c2cccs2)C(=O)N1c1ccccc1C(F)(F)F. The molecule has 8 heteroatoms. The Morgan fingerprint density at radius 1 is 1.13 bits per heavy atom. The zero-order valence-electron chi connectivity index (χ0n) is 11.4. The molecule has 23 heavy (non-hydrogen) atoms. The third-order valence-corrected chi connectivity index (χ3v) is 4.80. The number of benzene rings is 1. The second kappa shape index (κ2) is 5.86. The van der Waals surface area contributed by atoms with Crippen LogP contribution in [0.2, 0.25) is 0 Å². The topological polar surface area (TPSA) is 44.2 Å². The minimum Gasteiger partial charge on any atom is -0.278 e. The van der Waals surface area contributed by atoms with Crippen LogP contribution >= 0.6 is 23.1 Å². The van der Waals surface area contributed by atoms with Gasteiger partial charge in [0, 0.05) is 4.88 Å². The summed E-state index contributed by atoms with van der Waals surface area (Å²) >= 11 is 2.26. The first kappa shape index (κ1) is 15.8. The summed E-state index contributed by atoms with van der Waals surface area (Å²) in [6.07, 6.45) is -3.01. The maximum Gasteiger partial charge on any atom is 0.418 e. The van der Waals surface area contributed by atoms with E-state index in [1.807, 2.05) is 11.4 Å². The smallest absolute Gasteiger partial charge is 0.278 e. The number of rotatable bonds is 2. The number of halogens is 3. The van der Waals surface area contributed by atoms with E-state index in [2.05, 4.69) is 0 Å². The number of nitrogens with one attached hydrogen (secondary N) is 1. The predicted molar refractivity (Wildman–Crippen MR) is 86.5 cm³/mol. The molecule has 1 saturated heterocycles. The number of amides is 1. The number of anilines is 1. The largest absolute Gasteiger partial charge is 0.418 e. The number of amidine groups is 1. The maximum absolute atomic E-state index is 13.1. The molecule has 2 heterocycles. The van der Waals surface area contributed by atoms with E-state index in [0.29, 0.717) is 0 Å². The molecule has 1 amide bonds. The lowest BCUT2D eigenvalue weighted by Crippen LogP contribution is -2.30. The summed E-state index contributed by atoms with van der Waals surface area (Å²) in [7, 11) is 0. The summed E-state index contributed by atoms with van der Waals surface area (Å²) < 4.78 is 39.4. The van der Waals surface area contributed by atoms with Crippen LogP contribution < -0.4 is 4.90 Å². The summed E-state index contributed by atoms with van der Waals surface area (Å²) in [6, 6.07) is 8.37. The Morgan fingerprint density at radius 2 is 1.87 bits per heavy atom. The average Bonchev–Trinajstić information content (AvgIpc) is 3.08. The minimum absolute atomic E-state index is 0.231. The summed E-state index contributed by atoms with van der Waals surface area (Å²) in [4.78, 5) is 14.3. The summed E-state index contributed by atoms with van der Waals surface area (Å²) in [5, 5.41) is 9.49. The van der Waals surface area contributed by atoms with Gasteiger partial charge < -0.3 is 0 Å². The van der Waals surface area contributed by atoms with Crippen molar-refractivity contribution in [3.63, 3.8) is 0 Å². The zero-order valence-corrected chi connectivity index (χ0v) is 13.1. The third-order valence-electron chi connectivity index (χ3n) is 3.09. The number of hydrogen-bond donors (Lipinski definition) is 1. The molecule has 0 radical (unpaired) electrons. The molecular weight excluding hydrogens is 345 g/mol. The molecule has 0 unspecified atom stereocenters. The maximum atomic E-state index is 13.1. The van der Waals surface area contributed by atoms with E-state index in [9.17, 15) is 18.0 Å². The Hall–Kier alpha value is -2.06. The number of hydrogen-bond acceptors (Lipinski definition) is 4. The zero-order chi connectivity index (χ0) is 16.6. The lowest BCUT2D eigenvalue weighted by atomic mass is 10.1. The Kier molecular flexibility index (Phi) is 4.03. The molecule has 0 spiro atoms. The van der Waals surface area contributed by atoms with Gasteiger partial charge in [0.05, 0.1) is 16.2 Å². The summed E-state index contributed by atoms with van der Waals surface area (Å²) in [5.41, 5.74) is -1.26. The molecular formula is C15H9F3N2OS2. The molecule has 0 bridgehead atoms. The monoisotopic (exact) mass is 354 g/mol. The minimum atomic E-state index is -4.60. The van der Waals surface area contributed by atoms with Crippen molar-refractivity contribution in [3.8, 4) is 0 Å². The average molecular weight is 354 g/mol. The number of para-hydroxylation sites is 1. The van der Waals surface area contributed by atoms with Crippen LogP contribution in [-0.4, -0.2) is 11.1 Å². The van der Waals surface area contributed by atoms with Gasteiger partial charge in [0.1, 0.15) is 0 Å². The Bertz CT molecular complexity index is 797. The predicted octanol–water partition coefficient (Wildman–Crippen LogP) is 4.82. The number of carbonyl (C=O) groups is 1. The molecule has 0 saturated carbocycles. The van der Waals surface area contributed by atoms with Gasteiger partial charge in [-0.2, -0.15) is 13.2 Å². The van der Waals surface area contributed by atoms with E-state index in [1.165, 1.54) is 29.5 Å². The van der Waals surface area contributed by atoms with E-state index in [-0.39, 0.29) is 15.8 Å². The van der Waals surface area contributed by atoms with Gasteiger partial charge in [-0.05, 0) is 41.4 Å². The van der Waals surface area contributed by atoms with E-state index < -0.39 is 17.6 Å². The molecule has 3 nitrogen and oxygen atoms in total. The fourth-order valence-electron chi connectivity index (χ4n) is 2.12. The standard InChI is InChI=1S/C15H9F3N2OS2/c16-15(17,18)10-5-1-2-6-11(10)20-13(21)12(23-14(20)19)8-9-4-3-7-22-9/h1-8,19H/b12-8-,19-14?. The molecule has 118 valence electrons. The molecule has 1 fully saturated rings. The Balaban J connectivity index is 2.02. The Morgan fingerprint density at radius 3 is 2.52 bits per heavy atom. The van der Waals surface area contributed by atoms with Crippen molar-refractivity contribution in [3.05, 3.63) is 57.1 Å². The molecule has 1 aromatic carbocycles. The van der Waals surface area contributed by atoms with Gasteiger partial charge in [0.2, 0.25) is 0 Å². The van der Waals surface area contributed by atoms with Crippen LogP contribution in [0.15, 0.2) is 46.7 Å². The molecule has 0 aliphatic carbocycles. The highest BCUT2D eigenvalue weighted by Gasteiger charge is 2.40. The van der Waals surface area contributed by atoms with Gasteiger partial charge in [0.15, 0.2) is 5.17 Å². The lowest BCUT2D eigenvalue weighted by Gasteiger charge is -2.19. The van der Waals surface area contributed by atoms with E-state index in [0.717, 1.165) is 27.6 Å². The van der Waals surface area contributed by atoms with E-state index in [1.54, 1.807) is 12.1 Å². The van der Waals surface area contributed by atoms with Crippen LogP contribution in [0.3, 0.4) is 0 Å². The van der Waals surface area contributed by atoms with Crippen LogP contribution in [0, 0.1) is 5.41 Å². The van der Waals surface area contributed by atoms with Gasteiger partial charge in [0.25, 0.3) is 5.91 Å². The second-order valence-corrected chi connectivity index (χ2v) is 6.60. The van der Waals surface area contributed by atoms with E-state index in [4.69, 9.17) is 5.41 Å². The van der Waals surface area contributed by atoms with Gasteiger partial charge in [-0.1, -0.05) is 18.2 Å². The van der Waals surface area contributed by atoms with Crippen molar-refractivity contribution in [1.29, 1.82) is 5.41 Å². The van der Waals surface area contributed by atoms with Gasteiger partial charge in [-0.25, -0.2) is 0 Å². The fraction of sp³-hybridized carbons (Fsp3) is 0.0667. The molecule has 1 N–H and O–H groups in total. The highest BCUT2D eigenvalue weighted by molar-refractivity contribution is 8.19. The van der Waals surface area contributed by atoms with Crippen molar-refractivity contribution < 1.29 is 18.0 Å². The number of thioether (sulfide) groups is 1. The summed E-state index contributed by atoms with van der Waals surface area (Å²) in [5.74, 6) is -0.620. The molecule has 3 rings (SSSR count).